The van der Waals surface area contributed by atoms with Gasteiger partial charge >= 0.3 is 5.97 Å². The minimum Gasteiger partial charge on any atom is -0.426 e. The van der Waals surface area contributed by atoms with Gasteiger partial charge in [0.25, 0.3) is 0 Å². The first-order valence-electron chi connectivity index (χ1n) is 9.68. The number of carbonyl (C=O) groups is 1. The zero-order chi connectivity index (χ0) is 19.4. The van der Waals surface area contributed by atoms with Crippen molar-refractivity contribution in [3.05, 3.63) is 70.8 Å². The fourth-order valence-corrected chi connectivity index (χ4v) is 3.80. The van der Waals surface area contributed by atoms with Crippen molar-refractivity contribution in [3.8, 4) is 5.75 Å². The number of hydrogen-bond donors (Lipinski definition) is 1. The van der Waals surface area contributed by atoms with E-state index in [4.69, 9.17) is 4.74 Å². The van der Waals surface area contributed by atoms with Crippen molar-refractivity contribution in [2.24, 2.45) is 0 Å². The van der Waals surface area contributed by atoms with Crippen LogP contribution < -0.4 is 4.74 Å². The molecule has 0 amide bonds. The molecule has 3 nitrogen and oxygen atoms in total. The largest absolute Gasteiger partial charge is 0.426 e. The molecule has 3 rings (SSSR count). The van der Waals surface area contributed by atoms with E-state index in [9.17, 15) is 9.90 Å². The van der Waals surface area contributed by atoms with Gasteiger partial charge in [0.05, 0.1) is 5.60 Å². The second-order valence-electron chi connectivity index (χ2n) is 7.68. The van der Waals surface area contributed by atoms with E-state index in [0.717, 1.165) is 53.5 Å². The quantitative estimate of drug-likeness (QED) is 0.587. The Morgan fingerprint density at radius 2 is 1.74 bits per heavy atom. The number of carbonyl (C=O) groups excluding carboxylic acids is 1. The molecule has 142 valence electrons. The van der Waals surface area contributed by atoms with Gasteiger partial charge in [-0.25, -0.2) is 0 Å². The van der Waals surface area contributed by atoms with Gasteiger partial charge in [-0.05, 0) is 56.0 Å². The molecule has 27 heavy (non-hydrogen) atoms. The molecule has 2 aromatic carbocycles. The molecule has 0 bridgehead atoms. The Balaban J connectivity index is 2.19. The normalized spacial score (nSPS) is 16.8. The number of aliphatic hydroxyl groups is 1. The van der Waals surface area contributed by atoms with Gasteiger partial charge in [0, 0.05) is 12.5 Å². The Morgan fingerprint density at radius 1 is 1.04 bits per heavy atom. The number of rotatable bonds is 4. The lowest BCUT2D eigenvalue weighted by Crippen LogP contribution is -2.29. The first-order chi connectivity index (χ1) is 12.9. The van der Waals surface area contributed by atoms with E-state index in [-0.39, 0.29) is 5.97 Å². The first-order valence-corrected chi connectivity index (χ1v) is 9.68. The summed E-state index contributed by atoms with van der Waals surface area (Å²) in [6.07, 6.45) is 6.73. The Labute approximate surface area is 161 Å². The number of aryl methyl sites for hydroxylation is 2. The van der Waals surface area contributed by atoms with Crippen molar-refractivity contribution in [1.29, 1.82) is 0 Å². The van der Waals surface area contributed by atoms with Gasteiger partial charge in [-0.3, -0.25) is 4.79 Å². The molecule has 0 spiro atoms. The summed E-state index contributed by atoms with van der Waals surface area (Å²) < 4.78 is 5.49. The lowest BCUT2D eigenvalue weighted by Gasteiger charge is -2.30. The van der Waals surface area contributed by atoms with Crippen molar-refractivity contribution in [2.75, 3.05) is 0 Å². The highest BCUT2D eigenvalue weighted by molar-refractivity contribution is 5.85. The number of esters is 1. The minimum atomic E-state index is -0.825. The fraction of sp³-hybridized carbons (Fsp3) is 0.375. The Bertz CT molecular complexity index is 858. The highest BCUT2D eigenvalue weighted by atomic mass is 16.5. The average Bonchev–Trinajstić information content (AvgIpc) is 2.62. The van der Waals surface area contributed by atoms with Gasteiger partial charge in [-0.1, -0.05) is 60.7 Å². The maximum Gasteiger partial charge on any atom is 0.308 e. The molecule has 0 atom stereocenters. The summed E-state index contributed by atoms with van der Waals surface area (Å²) in [4.78, 5) is 11.6. The van der Waals surface area contributed by atoms with E-state index in [1.165, 1.54) is 13.3 Å². The van der Waals surface area contributed by atoms with Gasteiger partial charge in [-0.15, -0.1) is 0 Å². The molecule has 2 aromatic rings. The van der Waals surface area contributed by atoms with Crippen LogP contribution in [0, 0.1) is 13.8 Å². The van der Waals surface area contributed by atoms with Crippen LogP contribution in [-0.4, -0.2) is 16.7 Å². The molecule has 1 N–H and O–H groups in total. The lowest BCUT2D eigenvalue weighted by atomic mass is 9.81. The topological polar surface area (TPSA) is 46.5 Å². The third kappa shape index (κ3) is 4.86. The van der Waals surface area contributed by atoms with Crippen LogP contribution in [0.25, 0.3) is 5.57 Å². The summed E-state index contributed by atoms with van der Waals surface area (Å²) in [6.45, 7) is 5.48. The minimum absolute atomic E-state index is 0.347. The highest BCUT2D eigenvalue weighted by Crippen LogP contribution is 2.38. The molecule has 0 unspecified atom stereocenters. The fourth-order valence-electron chi connectivity index (χ4n) is 3.80. The van der Waals surface area contributed by atoms with Gasteiger partial charge in [0.15, 0.2) is 0 Å². The number of benzene rings is 2. The molecule has 0 heterocycles. The molecule has 0 aliphatic heterocycles. The summed E-state index contributed by atoms with van der Waals surface area (Å²) in [7, 11) is 0. The van der Waals surface area contributed by atoms with E-state index in [0.29, 0.717) is 5.75 Å². The van der Waals surface area contributed by atoms with E-state index < -0.39 is 5.60 Å². The molecule has 3 heteroatoms. The summed E-state index contributed by atoms with van der Waals surface area (Å²) in [5, 5.41) is 11.2. The standard InChI is InChI=1S/C24H28O3/c1-17-8-7-9-20(14-17)22(16-24(26)12-5-4-6-13-24)21-15-18(2)10-11-23(21)27-19(3)25/h7-11,14-16,26H,4-6,12-13H2,1-3H3/b22-16+. The SMILES string of the molecule is CC(=O)Oc1ccc(C)cc1/C(=C/C1(O)CCCCC1)c1cccc(C)c1. The van der Waals surface area contributed by atoms with Crippen molar-refractivity contribution >= 4 is 11.5 Å². The Hall–Kier alpha value is -2.39. The molecule has 0 aromatic heterocycles. The van der Waals surface area contributed by atoms with Crippen LogP contribution in [0.15, 0.2) is 48.5 Å². The maximum absolute atomic E-state index is 11.6. The summed E-state index contributed by atoms with van der Waals surface area (Å²) in [5.41, 5.74) is 4.19. The molecule has 1 fully saturated rings. The smallest absolute Gasteiger partial charge is 0.308 e. The summed E-state index contributed by atoms with van der Waals surface area (Å²) in [5.74, 6) is 0.181. The number of hydrogen-bond acceptors (Lipinski definition) is 3. The van der Waals surface area contributed by atoms with Crippen LogP contribution in [-0.2, 0) is 4.79 Å². The molecular formula is C24H28O3. The molecule has 1 aliphatic carbocycles. The summed E-state index contributed by atoms with van der Waals surface area (Å²) >= 11 is 0. The van der Waals surface area contributed by atoms with Crippen molar-refractivity contribution in [3.63, 3.8) is 0 Å². The monoisotopic (exact) mass is 364 g/mol. The third-order valence-corrected chi connectivity index (χ3v) is 5.14. The van der Waals surface area contributed by atoms with Crippen molar-refractivity contribution in [2.45, 2.75) is 58.5 Å². The van der Waals surface area contributed by atoms with Crippen LogP contribution in [0.5, 0.6) is 5.75 Å². The molecule has 1 saturated carbocycles. The van der Waals surface area contributed by atoms with Crippen LogP contribution >= 0.6 is 0 Å². The van der Waals surface area contributed by atoms with Crippen LogP contribution in [0.2, 0.25) is 0 Å². The van der Waals surface area contributed by atoms with E-state index in [1.807, 2.05) is 43.3 Å². The van der Waals surface area contributed by atoms with E-state index in [2.05, 4.69) is 19.1 Å². The number of ether oxygens (including phenoxy) is 1. The predicted molar refractivity (Wildman–Crippen MR) is 109 cm³/mol. The van der Waals surface area contributed by atoms with E-state index in [1.54, 1.807) is 0 Å². The Kier molecular flexibility index (Phi) is 5.81. The van der Waals surface area contributed by atoms with Crippen molar-refractivity contribution in [1.82, 2.24) is 0 Å². The van der Waals surface area contributed by atoms with Crippen molar-refractivity contribution < 1.29 is 14.6 Å². The highest BCUT2D eigenvalue weighted by Gasteiger charge is 2.28. The second-order valence-corrected chi connectivity index (χ2v) is 7.68. The van der Waals surface area contributed by atoms with Crippen LogP contribution in [0.3, 0.4) is 0 Å². The lowest BCUT2D eigenvalue weighted by molar-refractivity contribution is -0.131. The third-order valence-electron chi connectivity index (χ3n) is 5.14. The molecule has 1 aliphatic rings. The maximum atomic E-state index is 11.6. The zero-order valence-electron chi connectivity index (χ0n) is 16.4. The first kappa shape index (κ1) is 19.4. The predicted octanol–water partition coefficient (Wildman–Crippen LogP) is 5.36. The van der Waals surface area contributed by atoms with E-state index >= 15 is 0 Å². The Morgan fingerprint density at radius 3 is 2.41 bits per heavy atom. The average molecular weight is 364 g/mol. The van der Waals surface area contributed by atoms with Gasteiger partial charge in [0.1, 0.15) is 5.75 Å². The van der Waals surface area contributed by atoms with Gasteiger partial charge in [-0.2, -0.15) is 0 Å². The molecule has 0 saturated heterocycles. The van der Waals surface area contributed by atoms with Crippen LogP contribution in [0.1, 0.15) is 61.3 Å². The second kappa shape index (κ2) is 8.10. The van der Waals surface area contributed by atoms with Gasteiger partial charge < -0.3 is 9.84 Å². The van der Waals surface area contributed by atoms with Gasteiger partial charge in [0.2, 0.25) is 0 Å². The van der Waals surface area contributed by atoms with Crippen LogP contribution in [0.4, 0.5) is 0 Å². The summed E-state index contributed by atoms with van der Waals surface area (Å²) in [6, 6.07) is 14.0. The molecular weight excluding hydrogens is 336 g/mol. The zero-order valence-corrected chi connectivity index (χ0v) is 16.4. The molecule has 0 radical (unpaired) electrons.